The first-order valence-corrected chi connectivity index (χ1v) is 15.6. The molecule has 3 fully saturated rings. The number of piperidine rings is 1. The molecule has 0 bridgehead atoms. The number of aromatic amines is 1. The predicted octanol–water partition coefficient (Wildman–Crippen LogP) is 1.68. The Balaban J connectivity index is 1.30. The highest BCUT2D eigenvalue weighted by atomic mass is 16.2. The Morgan fingerprint density at radius 1 is 1.00 bits per heavy atom. The molecular weight excluding hydrogens is 564 g/mol. The third-order valence-corrected chi connectivity index (χ3v) is 9.65. The first-order valence-electron chi connectivity index (χ1n) is 15.6. The van der Waals surface area contributed by atoms with Gasteiger partial charge < -0.3 is 31.6 Å². The van der Waals surface area contributed by atoms with Crippen LogP contribution in [0.5, 0.6) is 0 Å². The van der Waals surface area contributed by atoms with Crippen LogP contribution in [0.2, 0.25) is 0 Å². The molecule has 236 valence electrons. The number of fused-ring (bicyclic) bond motifs is 1. The maximum Gasteiger partial charge on any atom is 0.287 e. The maximum absolute atomic E-state index is 13.8. The molecule has 12 heteroatoms. The van der Waals surface area contributed by atoms with Gasteiger partial charge >= 0.3 is 0 Å². The lowest BCUT2D eigenvalue weighted by Gasteiger charge is -2.39. The first kappa shape index (κ1) is 31.2. The minimum atomic E-state index is -1.32. The second-order valence-electron chi connectivity index (χ2n) is 12.7. The van der Waals surface area contributed by atoms with Crippen LogP contribution < -0.4 is 21.7 Å². The van der Waals surface area contributed by atoms with Crippen molar-refractivity contribution in [2.24, 2.45) is 17.6 Å². The molecule has 1 aromatic heterocycles. The molecule has 5 amide bonds. The van der Waals surface area contributed by atoms with Crippen molar-refractivity contribution in [3.63, 3.8) is 0 Å². The van der Waals surface area contributed by atoms with Crippen LogP contribution in [-0.4, -0.2) is 75.9 Å². The molecule has 1 aliphatic carbocycles. The molecule has 44 heavy (non-hydrogen) atoms. The fourth-order valence-corrected chi connectivity index (χ4v) is 7.13. The number of carbonyl (C=O) groups excluding carboxylic acids is 6. The van der Waals surface area contributed by atoms with Crippen LogP contribution in [0.3, 0.4) is 0 Å². The molecule has 1 aromatic carbocycles. The van der Waals surface area contributed by atoms with Crippen molar-refractivity contribution in [2.75, 3.05) is 13.1 Å². The number of amides is 5. The number of nitrogens with two attached hydrogens (primary N) is 1. The van der Waals surface area contributed by atoms with Gasteiger partial charge in [-0.2, -0.15) is 0 Å². The quantitative estimate of drug-likeness (QED) is 0.256. The lowest BCUT2D eigenvalue weighted by Crippen LogP contribution is -2.54. The molecular formula is C32H42N6O6. The zero-order valence-electron chi connectivity index (χ0n) is 25.2. The maximum atomic E-state index is 13.8. The minimum absolute atomic E-state index is 0.0185. The molecule has 2 unspecified atom stereocenters. The number of carbonyl (C=O) groups is 6. The topological polar surface area (TPSA) is 184 Å². The summed E-state index contributed by atoms with van der Waals surface area (Å²) in [6.45, 7) is 2.55. The van der Waals surface area contributed by atoms with E-state index in [2.05, 4.69) is 20.9 Å². The van der Waals surface area contributed by atoms with E-state index in [0.717, 1.165) is 43.0 Å². The number of nitrogens with zero attached hydrogens (tertiary/aromatic N) is 1. The highest BCUT2D eigenvalue weighted by Crippen LogP contribution is 2.36. The number of Topliss-reactive ketones (excluding diaryl/α,β-unsaturated/α-hetero) is 1. The van der Waals surface area contributed by atoms with Crippen molar-refractivity contribution >= 4 is 46.2 Å². The summed E-state index contributed by atoms with van der Waals surface area (Å²) in [5.74, 6) is -3.94. The van der Waals surface area contributed by atoms with E-state index in [0.29, 0.717) is 44.5 Å². The SMILES string of the molecule is CC(=O)N1CCC2(CC1)C[C@H](CC(NC(=O)C(CC1CCCCC1)NC(=O)c1cc3ccccc3[nH]1)C(=O)C(N)=O)C(=O)N2. The van der Waals surface area contributed by atoms with Gasteiger partial charge in [-0.1, -0.05) is 50.3 Å². The van der Waals surface area contributed by atoms with Crippen molar-refractivity contribution < 1.29 is 28.8 Å². The van der Waals surface area contributed by atoms with E-state index in [9.17, 15) is 28.8 Å². The van der Waals surface area contributed by atoms with Gasteiger partial charge in [-0.15, -0.1) is 0 Å². The number of hydrogen-bond acceptors (Lipinski definition) is 6. The van der Waals surface area contributed by atoms with Crippen molar-refractivity contribution in [1.82, 2.24) is 25.8 Å². The number of ketones is 1. The van der Waals surface area contributed by atoms with Gasteiger partial charge in [0.2, 0.25) is 23.5 Å². The molecule has 0 radical (unpaired) electrons. The Morgan fingerprint density at radius 3 is 2.36 bits per heavy atom. The van der Waals surface area contributed by atoms with Crippen LogP contribution in [-0.2, 0) is 24.0 Å². The summed E-state index contributed by atoms with van der Waals surface area (Å²) in [7, 11) is 0. The highest BCUT2D eigenvalue weighted by Gasteiger charge is 2.47. The van der Waals surface area contributed by atoms with Crippen LogP contribution in [0.4, 0.5) is 0 Å². The van der Waals surface area contributed by atoms with Crippen molar-refractivity contribution in [2.45, 2.75) is 88.8 Å². The molecule has 1 saturated carbocycles. The van der Waals surface area contributed by atoms with Gasteiger partial charge in [0, 0.05) is 42.4 Å². The number of hydrogen-bond donors (Lipinski definition) is 5. The number of H-pyrrole nitrogens is 1. The third-order valence-electron chi connectivity index (χ3n) is 9.65. The van der Waals surface area contributed by atoms with E-state index in [1.165, 1.54) is 6.92 Å². The largest absolute Gasteiger partial charge is 0.363 e. The lowest BCUT2D eigenvalue weighted by atomic mass is 9.81. The van der Waals surface area contributed by atoms with Crippen molar-refractivity contribution in [3.05, 3.63) is 36.0 Å². The van der Waals surface area contributed by atoms with Crippen LogP contribution in [0, 0.1) is 11.8 Å². The van der Waals surface area contributed by atoms with Gasteiger partial charge in [0.25, 0.3) is 11.8 Å². The Bertz CT molecular complexity index is 1400. The van der Waals surface area contributed by atoms with E-state index in [4.69, 9.17) is 5.73 Å². The summed E-state index contributed by atoms with van der Waals surface area (Å²) in [5, 5.41) is 9.46. The fourth-order valence-electron chi connectivity index (χ4n) is 7.13. The van der Waals surface area contributed by atoms with Gasteiger partial charge in [-0.3, -0.25) is 28.8 Å². The minimum Gasteiger partial charge on any atom is -0.363 e. The predicted molar refractivity (Wildman–Crippen MR) is 162 cm³/mol. The molecule has 6 N–H and O–H groups in total. The molecule has 3 heterocycles. The molecule has 5 rings (SSSR count). The molecule has 2 saturated heterocycles. The van der Waals surface area contributed by atoms with Gasteiger partial charge in [0.05, 0.1) is 6.04 Å². The van der Waals surface area contributed by atoms with Crippen LogP contribution in [0.1, 0.15) is 81.6 Å². The average Bonchev–Trinajstić information content (AvgIpc) is 3.57. The molecule has 3 aliphatic rings. The number of likely N-dealkylation sites (tertiary alicyclic amines) is 1. The zero-order chi connectivity index (χ0) is 31.4. The van der Waals surface area contributed by atoms with Gasteiger partial charge in [0.15, 0.2) is 0 Å². The number of para-hydroxylation sites is 1. The summed E-state index contributed by atoms with van der Waals surface area (Å²) in [6.07, 6.45) is 6.94. The van der Waals surface area contributed by atoms with E-state index in [-0.39, 0.29) is 24.2 Å². The number of aromatic nitrogens is 1. The van der Waals surface area contributed by atoms with Crippen LogP contribution >= 0.6 is 0 Å². The van der Waals surface area contributed by atoms with Crippen LogP contribution in [0.25, 0.3) is 10.9 Å². The van der Waals surface area contributed by atoms with Gasteiger partial charge in [0.1, 0.15) is 11.7 Å². The van der Waals surface area contributed by atoms with Crippen molar-refractivity contribution in [3.8, 4) is 0 Å². The Hall–Kier alpha value is -4.22. The summed E-state index contributed by atoms with van der Waals surface area (Å²) in [4.78, 5) is 81.7. The average molecular weight is 607 g/mol. The number of rotatable bonds is 10. The molecule has 1 spiro atoms. The number of benzene rings is 1. The molecule has 12 nitrogen and oxygen atoms in total. The fraction of sp³-hybridized carbons (Fsp3) is 0.562. The Kier molecular flexibility index (Phi) is 9.36. The second kappa shape index (κ2) is 13.2. The first-order chi connectivity index (χ1) is 21.0. The lowest BCUT2D eigenvalue weighted by molar-refractivity contribution is -0.139. The van der Waals surface area contributed by atoms with Gasteiger partial charge in [-0.05, 0) is 50.2 Å². The third kappa shape index (κ3) is 7.11. The number of nitrogens with one attached hydrogen (secondary N) is 4. The van der Waals surface area contributed by atoms with E-state index >= 15 is 0 Å². The normalized spacial score (nSPS) is 21.4. The van der Waals surface area contributed by atoms with E-state index in [1.807, 2.05) is 24.3 Å². The molecule has 2 aromatic rings. The smallest absolute Gasteiger partial charge is 0.287 e. The van der Waals surface area contributed by atoms with Gasteiger partial charge in [-0.25, -0.2) is 0 Å². The highest BCUT2D eigenvalue weighted by molar-refractivity contribution is 6.38. The molecule has 2 aliphatic heterocycles. The van der Waals surface area contributed by atoms with Crippen molar-refractivity contribution in [1.29, 1.82) is 0 Å². The summed E-state index contributed by atoms with van der Waals surface area (Å²) in [5.41, 5.74) is 5.96. The summed E-state index contributed by atoms with van der Waals surface area (Å²) < 4.78 is 0. The summed E-state index contributed by atoms with van der Waals surface area (Å²) in [6, 6.07) is 6.90. The molecule has 3 atom stereocenters. The van der Waals surface area contributed by atoms with E-state index < -0.39 is 47.0 Å². The monoisotopic (exact) mass is 606 g/mol. The summed E-state index contributed by atoms with van der Waals surface area (Å²) >= 11 is 0. The van der Waals surface area contributed by atoms with Crippen LogP contribution in [0.15, 0.2) is 30.3 Å². The Labute approximate surface area is 256 Å². The zero-order valence-corrected chi connectivity index (χ0v) is 25.2. The number of primary amides is 1. The second-order valence-corrected chi connectivity index (χ2v) is 12.7. The standard InChI is InChI=1S/C32H42N6O6/c1-19(39)38-13-11-32(12-14-38)18-22(29(42)37-32)17-24(27(40)28(33)41)35-30(43)25(15-20-7-3-2-4-8-20)36-31(44)26-16-21-9-5-6-10-23(21)34-26/h5-6,9-10,16,20,22,24-25,34H,2-4,7-8,11-15,17-18H2,1H3,(H2,33,41)(H,35,43)(H,36,44)(H,37,42)/t22-,24?,25?/m0/s1. The Morgan fingerprint density at radius 2 is 1.70 bits per heavy atom. The van der Waals surface area contributed by atoms with E-state index in [1.54, 1.807) is 11.0 Å².